The number of nitrogens with one attached hydrogen (secondary N) is 2. The molecule has 0 aromatic carbocycles. The van der Waals surface area contributed by atoms with Crippen LogP contribution < -0.4 is 27.8 Å². The van der Waals surface area contributed by atoms with E-state index in [1.165, 1.54) is 0 Å². The summed E-state index contributed by atoms with van der Waals surface area (Å²) in [5.74, 6) is -0.160. The van der Waals surface area contributed by atoms with Gasteiger partial charge < -0.3 is 32.9 Å². The Morgan fingerprint density at radius 3 is 2.26 bits per heavy atom. The molecule has 0 saturated carbocycles. The lowest BCUT2D eigenvalue weighted by atomic mass is 10.2. The molecule has 158 valence electrons. The van der Waals surface area contributed by atoms with E-state index in [-0.39, 0.29) is 18.4 Å². The van der Waals surface area contributed by atoms with Crippen molar-refractivity contribution in [2.75, 3.05) is 45.8 Å². The van der Waals surface area contributed by atoms with E-state index in [0.717, 1.165) is 56.5 Å². The highest BCUT2D eigenvalue weighted by atomic mass is 16.4. The molecule has 9 N–H and O–H groups in total. The Morgan fingerprint density at radius 1 is 0.926 bits per heavy atom. The van der Waals surface area contributed by atoms with Crippen LogP contribution in [0.4, 0.5) is 4.79 Å². The molecular weight excluding hydrogens is 350 g/mol. The molecular formula is C17H37N7O3. The van der Waals surface area contributed by atoms with Crippen LogP contribution in [0.3, 0.4) is 0 Å². The van der Waals surface area contributed by atoms with Gasteiger partial charge in [-0.3, -0.25) is 14.7 Å². The van der Waals surface area contributed by atoms with Gasteiger partial charge in [0.2, 0.25) is 5.91 Å². The monoisotopic (exact) mass is 387 g/mol. The number of hydrogen-bond donors (Lipinski definition) is 6. The first-order chi connectivity index (χ1) is 13.0. The molecule has 0 aromatic heterocycles. The van der Waals surface area contributed by atoms with Crippen molar-refractivity contribution >= 4 is 18.0 Å². The van der Waals surface area contributed by atoms with Gasteiger partial charge in [-0.1, -0.05) is 12.8 Å². The summed E-state index contributed by atoms with van der Waals surface area (Å²) >= 11 is 0. The quantitative estimate of drug-likeness (QED) is 0.112. The Bertz CT molecular complexity index is 429. The van der Waals surface area contributed by atoms with E-state index < -0.39 is 6.09 Å². The number of carbonyl (C=O) groups excluding carboxylic acids is 1. The fraction of sp³-hybridized carbons (Fsp3) is 0.824. The lowest BCUT2D eigenvalue weighted by Crippen LogP contribution is -2.41. The molecule has 0 unspecified atom stereocenters. The van der Waals surface area contributed by atoms with Crippen molar-refractivity contribution in [3.63, 3.8) is 0 Å². The van der Waals surface area contributed by atoms with E-state index in [9.17, 15) is 14.7 Å². The van der Waals surface area contributed by atoms with E-state index in [1.54, 1.807) is 0 Å². The maximum atomic E-state index is 11.9. The molecule has 10 nitrogen and oxygen atoms in total. The summed E-state index contributed by atoms with van der Waals surface area (Å²) in [4.78, 5) is 28.2. The molecule has 0 spiro atoms. The standard InChI is InChI=1S/C17H37N7O3/c18-8-7-10-21-9-5-6-13-24(17(26)27)14-15(25)22-11-3-1-2-4-12-23-16(19)20/h21H,1-14,18H2,(H,22,25)(H,26,27)(H4,19,20,23). The third kappa shape index (κ3) is 17.1. The Balaban J connectivity index is 3.74. The summed E-state index contributed by atoms with van der Waals surface area (Å²) in [5.41, 5.74) is 15.9. The van der Waals surface area contributed by atoms with Crippen molar-refractivity contribution in [3.8, 4) is 0 Å². The van der Waals surface area contributed by atoms with Gasteiger partial charge in [0.05, 0.1) is 0 Å². The minimum absolute atomic E-state index is 0.105. The smallest absolute Gasteiger partial charge is 0.407 e. The molecule has 0 aromatic rings. The predicted molar refractivity (Wildman–Crippen MR) is 108 cm³/mol. The number of nitrogens with zero attached hydrogens (tertiary/aromatic N) is 2. The lowest BCUT2D eigenvalue weighted by molar-refractivity contribution is -0.121. The number of rotatable bonds is 17. The van der Waals surface area contributed by atoms with Crippen LogP contribution in [0.25, 0.3) is 0 Å². The predicted octanol–water partition coefficient (Wildman–Crippen LogP) is -0.365. The molecule has 0 bridgehead atoms. The van der Waals surface area contributed by atoms with Crippen molar-refractivity contribution in [1.29, 1.82) is 0 Å². The zero-order chi connectivity index (χ0) is 20.3. The molecule has 0 radical (unpaired) electrons. The Morgan fingerprint density at radius 2 is 1.59 bits per heavy atom. The van der Waals surface area contributed by atoms with Gasteiger partial charge >= 0.3 is 6.09 Å². The molecule has 0 fully saturated rings. The van der Waals surface area contributed by atoms with E-state index in [2.05, 4.69) is 15.6 Å². The highest BCUT2D eigenvalue weighted by Gasteiger charge is 2.15. The molecule has 0 saturated heterocycles. The minimum atomic E-state index is -1.07. The fourth-order valence-corrected chi connectivity index (χ4v) is 2.40. The normalized spacial score (nSPS) is 10.4. The number of nitrogens with two attached hydrogens (primary N) is 3. The third-order valence-electron chi connectivity index (χ3n) is 3.90. The van der Waals surface area contributed by atoms with E-state index in [1.807, 2.05) is 0 Å². The second-order valence-corrected chi connectivity index (χ2v) is 6.37. The number of unbranched alkanes of at least 4 members (excludes halogenated alkanes) is 4. The van der Waals surface area contributed by atoms with Crippen molar-refractivity contribution in [1.82, 2.24) is 15.5 Å². The van der Waals surface area contributed by atoms with E-state index >= 15 is 0 Å². The maximum Gasteiger partial charge on any atom is 0.407 e. The topological polar surface area (TPSA) is 172 Å². The number of carboxylic acid groups (broad SMARTS) is 1. The Labute approximate surface area is 161 Å². The molecule has 0 aliphatic carbocycles. The van der Waals surface area contributed by atoms with Crippen LogP contribution in [-0.2, 0) is 4.79 Å². The van der Waals surface area contributed by atoms with Crippen LogP contribution in [0.1, 0.15) is 44.9 Å². The largest absolute Gasteiger partial charge is 0.465 e. The second-order valence-electron chi connectivity index (χ2n) is 6.37. The highest BCUT2D eigenvalue weighted by Crippen LogP contribution is 2.00. The highest BCUT2D eigenvalue weighted by molar-refractivity contribution is 5.81. The molecule has 2 amide bonds. The van der Waals surface area contributed by atoms with Gasteiger partial charge in [0.1, 0.15) is 6.54 Å². The zero-order valence-corrected chi connectivity index (χ0v) is 16.3. The number of amides is 2. The Hall–Kier alpha value is -2.07. The van der Waals surface area contributed by atoms with Crippen molar-refractivity contribution in [3.05, 3.63) is 0 Å². The van der Waals surface area contributed by atoms with Gasteiger partial charge in [-0.15, -0.1) is 0 Å². The van der Waals surface area contributed by atoms with Crippen molar-refractivity contribution < 1.29 is 14.7 Å². The van der Waals surface area contributed by atoms with Gasteiger partial charge in [-0.05, 0) is 51.7 Å². The molecule has 0 aliphatic heterocycles. The van der Waals surface area contributed by atoms with Gasteiger partial charge in [0.15, 0.2) is 5.96 Å². The van der Waals surface area contributed by atoms with E-state index in [4.69, 9.17) is 17.2 Å². The van der Waals surface area contributed by atoms with Crippen LogP contribution in [0, 0.1) is 0 Å². The number of guanidine groups is 1. The van der Waals surface area contributed by atoms with Crippen LogP contribution >= 0.6 is 0 Å². The van der Waals surface area contributed by atoms with Crippen LogP contribution in [0.15, 0.2) is 4.99 Å². The van der Waals surface area contributed by atoms with Crippen molar-refractivity contribution in [2.45, 2.75) is 44.9 Å². The van der Waals surface area contributed by atoms with Crippen LogP contribution in [-0.4, -0.2) is 73.8 Å². The summed E-state index contributed by atoms with van der Waals surface area (Å²) in [6.07, 6.45) is 5.11. The van der Waals surface area contributed by atoms with Crippen molar-refractivity contribution in [2.24, 2.45) is 22.2 Å². The maximum absolute atomic E-state index is 11.9. The molecule has 0 heterocycles. The number of aliphatic imine (C=N–C) groups is 1. The zero-order valence-electron chi connectivity index (χ0n) is 16.3. The van der Waals surface area contributed by atoms with Gasteiger partial charge in [-0.2, -0.15) is 0 Å². The minimum Gasteiger partial charge on any atom is -0.465 e. The van der Waals surface area contributed by atoms with Gasteiger partial charge in [-0.25, -0.2) is 4.79 Å². The fourth-order valence-electron chi connectivity index (χ4n) is 2.40. The summed E-state index contributed by atoms with van der Waals surface area (Å²) in [6.45, 7) is 3.74. The average molecular weight is 388 g/mol. The SMILES string of the molecule is NCCCNCCCCN(CC(=O)NCCCCCCN=C(N)N)C(=O)O. The first-order valence-corrected chi connectivity index (χ1v) is 9.68. The van der Waals surface area contributed by atoms with Gasteiger partial charge in [0.25, 0.3) is 0 Å². The molecule has 0 atom stereocenters. The van der Waals surface area contributed by atoms with Crippen LogP contribution in [0.2, 0.25) is 0 Å². The van der Waals surface area contributed by atoms with E-state index in [0.29, 0.717) is 32.6 Å². The third-order valence-corrected chi connectivity index (χ3v) is 3.90. The first-order valence-electron chi connectivity index (χ1n) is 9.68. The summed E-state index contributed by atoms with van der Waals surface area (Å²) in [5, 5.41) is 15.2. The number of carbonyl (C=O) groups is 2. The number of hydrogen-bond acceptors (Lipinski definition) is 5. The molecule has 0 rings (SSSR count). The molecule has 10 heteroatoms. The summed E-state index contributed by atoms with van der Waals surface area (Å²) in [6, 6.07) is 0. The first kappa shape index (κ1) is 24.9. The lowest BCUT2D eigenvalue weighted by Gasteiger charge is -2.18. The summed E-state index contributed by atoms with van der Waals surface area (Å²) < 4.78 is 0. The molecule has 0 aliphatic rings. The molecule has 27 heavy (non-hydrogen) atoms. The Kier molecular flexibility index (Phi) is 16.0. The van der Waals surface area contributed by atoms with Gasteiger partial charge in [0, 0.05) is 19.6 Å². The summed E-state index contributed by atoms with van der Waals surface area (Å²) in [7, 11) is 0. The average Bonchev–Trinajstić information content (AvgIpc) is 2.61. The second kappa shape index (κ2) is 17.3. The van der Waals surface area contributed by atoms with Crippen LogP contribution in [0.5, 0.6) is 0 Å².